The van der Waals surface area contributed by atoms with Gasteiger partial charge in [-0.2, -0.15) is 0 Å². The molecule has 2 heterocycles. The molecule has 26 heavy (non-hydrogen) atoms. The van der Waals surface area contributed by atoms with Crippen LogP contribution in [-0.4, -0.2) is 25.1 Å². The second-order valence-electron chi connectivity index (χ2n) is 6.11. The minimum atomic E-state index is -0.384. The molecule has 1 amide bonds. The summed E-state index contributed by atoms with van der Waals surface area (Å²) in [7, 11) is 0. The molecule has 0 saturated heterocycles. The molecule has 0 aliphatic heterocycles. The van der Waals surface area contributed by atoms with Crippen LogP contribution in [0, 0.1) is 6.92 Å². The maximum atomic E-state index is 12.5. The fourth-order valence-electron chi connectivity index (χ4n) is 2.93. The van der Waals surface area contributed by atoms with Gasteiger partial charge >= 0.3 is 5.69 Å². The van der Waals surface area contributed by atoms with Crippen molar-refractivity contribution in [3.8, 4) is 0 Å². The maximum absolute atomic E-state index is 12.5. The van der Waals surface area contributed by atoms with Crippen LogP contribution in [0.1, 0.15) is 11.1 Å². The van der Waals surface area contributed by atoms with Crippen molar-refractivity contribution >= 4 is 22.5 Å². The number of hydrogen-bond acceptors (Lipinski definition) is 4. The van der Waals surface area contributed by atoms with Crippen LogP contribution in [-0.2, 0) is 17.9 Å². The summed E-state index contributed by atoms with van der Waals surface area (Å²) in [5.41, 5.74) is 2.91. The molecule has 0 fully saturated rings. The number of rotatable bonds is 4. The lowest BCUT2D eigenvalue weighted by atomic mass is 10.1. The molecule has 0 saturated carbocycles. The SMILES string of the molecule is Cc1cccc2c1ncn1c(=O)n(CC(=O)NCc3ccccc3)nc21. The van der Waals surface area contributed by atoms with E-state index in [1.807, 2.05) is 55.5 Å². The van der Waals surface area contributed by atoms with Crippen LogP contribution >= 0.6 is 0 Å². The van der Waals surface area contributed by atoms with Crippen LogP contribution in [0.3, 0.4) is 0 Å². The molecule has 4 aromatic rings. The van der Waals surface area contributed by atoms with E-state index >= 15 is 0 Å². The quantitative estimate of drug-likeness (QED) is 0.609. The Morgan fingerprint density at radius 3 is 2.73 bits per heavy atom. The maximum Gasteiger partial charge on any atom is 0.352 e. The molecule has 4 rings (SSSR count). The average Bonchev–Trinajstić information content (AvgIpc) is 2.97. The van der Waals surface area contributed by atoms with Gasteiger partial charge < -0.3 is 5.32 Å². The monoisotopic (exact) mass is 347 g/mol. The molecule has 2 aromatic heterocycles. The number of carbonyl (C=O) groups excluding carboxylic acids is 1. The van der Waals surface area contributed by atoms with Crippen LogP contribution < -0.4 is 11.0 Å². The van der Waals surface area contributed by atoms with Crippen LogP contribution in [0.2, 0.25) is 0 Å². The number of aryl methyl sites for hydroxylation is 1. The third-order valence-corrected chi connectivity index (χ3v) is 4.28. The van der Waals surface area contributed by atoms with Gasteiger partial charge in [0.05, 0.1) is 5.52 Å². The molecule has 0 bridgehead atoms. The highest BCUT2D eigenvalue weighted by atomic mass is 16.2. The molecule has 130 valence electrons. The number of fused-ring (bicyclic) bond motifs is 3. The van der Waals surface area contributed by atoms with Crippen molar-refractivity contribution in [1.29, 1.82) is 0 Å². The van der Waals surface area contributed by atoms with E-state index in [1.54, 1.807) is 0 Å². The summed E-state index contributed by atoms with van der Waals surface area (Å²) in [5.74, 6) is -0.271. The number of benzene rings is 2. The van der Waals surface area contributed by atoms with Gasteiger partial charge in [-0.15, -0.1) is 5.10 Å². The van der Waals surface area contributed by atoms with E-state index in [0.29, 0.717) is 12.2 Å². The molecule has 0 atom stereocenters. The number of amides is 1. The van der Waals surface area contributed by atoms with Crippen molar-refractivity contribution in [2.24, 2.45) is 0 Å². The molecule has 0 spiro atoms. The van der Waals surface area contributed by atoms with Crippen molar-refractivity contribution < 1.29 is 4.79 Å². The first-order valence-corrected chi connectivity index (χ1v) is 8.27. The third kappa shape index (κ3) is 2.83. The lowest BCUT2D eigenvalue weighted by Gasteiger charge is -2.04. The summed E-state index contributed by atoms with van der Waals surface area (Å²) in [6, 6.07) is 15.3. The van der Waals surface area contributed by atoms with E-state index in [-0.39, 0.29) is 18.1 Å². The van der Waals surface area contributed by atoms with Gasteiger partial charge in [0.25, 0.3) is 0 Å². The van der Waals surface area contributed by atoms with Gasteiger partial charge in [0.1, 0.15) is 12.9 Å². The topological polar surface area (TPSA) is 81.3 Å². The van der Waals surface area contributed by atoms with E-state index in [2.05, 4.69) is 15.4 Å². The van der Waals surface area contributed by atoms with Gasteiger partial charge in [0, 0.05) is 11.9 Å². The second-order valence-corrected chi connectivity index (χ2v) is 6.11. The molecule has 0 unspecified atom stereocenters. The van der Waals surface area contributed by atoms with E-state index in [1.165, 1.54) is 15.4 Å². The predicted molar refractivity (Wildman–Crippen MR) is 97.8 cm³/mol. The smallest absolute Gasteiger partial charge is 0.350 e. The third-order valence-electron chi connectivity index (χ3n) is 4.28. The van der Waals surface area contributed by atoms with Gasteiger partial charge in [-0.1, -0.05) is 42.5 Å². The highest BCUT2D eigenvalue weighted by Crippen LogP contribution is 2.18. The Kier molecular flexibility index (Phi) is 3.96. The van der Waals surface area contributed by atoms with Crippen LogP contribution in [0.5, 0.6) is 0 Å². The molecular formula is C19H17N5O2. The summed E-state index contributed by atoms with van der Waals surface area (Å²) in [4.78, 5) is 29.1. The summed E-state index contributed by atoms with van der Waals surface area (Å²) in [5, 5.41) is 7.93. The molecule has 0 aliphatic carbocycles. The first-order valence-electron chi connectivity index (χ1n) is 8.27. The van der Waals surface area contributed by atoms with E-state index in [9.17, 15) is 9.59 Å². The molecule has 2 aromatic carbocycles. The molecule has 0 radical (unpaired) electrons. The Labute approximate surface area is 148 Å². The van der Waals surface area contributed by atoms with Crippen LogP contribution in [0.25, 0.3) is 16.6 Å². The van der Waals surface area contributed by atoms with Crippen molar-refractivity contribution in [2.45, 2.75) is 20.0 Å². The van der Waals surface area contributed by atoms with Crippen molar-refractivity contribution in [3.05, 3.63) is 76.5 Å². The van der Waals surface area contributed by atoms with Crippen molar-refractivity contribution in [1.82, 2.24) is 24.5 Å². The van der Waals surface area contributed by atoms with Gasteiger partial charge in [0.2, 0.25) is 5.91 Å². The van der Waals surface area contributed by atoms with Gasteiger partial charge in [-0.3, -0.25) is 4.79 Å². The van der Waals surface area contributed by atoms with Gasteiger partial charge in [-0.05, 0) is 24.1 Å². The Morgan fingerprint density at radius 1 is 1.12 bits per heavy atom. The average molecular weight is 347 g/mol. The Balaban J connectivity index is 1.61. The summed E-state index contributed by atoms with van der Waals surface area (Å²) < 4.78 is 2.53. The Hall–Kier alpha value is -3.48. The summed E-state index contributed by atoms with van der Waals surface area (Å²) in [6.45, 7) is 2.23. The predicted octanol–water partition coefficient (Wildman–Crippen LogP) is 1.67. The van der Waals surface area contributed by atoms with E-state index < -0.39 is 0 Å². The highest BCUT2D eigenvalue weighted by Gasteiger charge is 2.14. The fraction of sp³-hybridized carbons (Fsp3) is 0.158. The fourth-order valence-corrected chi connectivity index (χ4v) is 2.93. The minimum Gasteiger partial charge on any atom is -0.350 e. The van der Waals surface area contributed by atoms with Crippen molar-refractivity contribution in [2.75, 3.05) is 0 Å². The van der Waals surface area contributed by atoms with Crippen LogP contribution in [0.4, 0.5) is 0 Å². The lowest BCUT2D eigenvalue weighted by molar-refractivity contribution is -0.122. The second kappa shape index (κ2) is 6.44. The molecule has 0 aliphatic rings. The van der Waals surface area contributed by atoms with Crippen LogP contribution in [0.15, 0.2) is 59.7 Å². The Morgan fingerprint density at radius 2 is 1.92 bits per heavy atom. The standard InChI is InChI=1S/C19H17N5O2/c1-13-6-5-9-15-17(13)21-12-23-18(15)22-24(19(23)26)11-16(25)20-10-14-7-3-2-4-8-14/h2-9,12H,10-11H2,1H3,(H,20,25). The lowest BCUT2D eigenvalue weighted by Crippen LogP contribution is -2.32. The van der Waals surface area contributed by atoms with Gasteiger partial charge in [0.15, 0.2) is 5.65 Å². The molecule has 7 nitrogen and oxygen atoms in total. The van der Waals surface area contributed by atoms with Gasteiger partial charge in [-0.25, -0.2) is 18.9 Å². The zero-order valence-electron chi connectivity index (χ0n) is 14.2. The number of carbonyl (C=O) groups is 1. The van der Waals surface area contributed by atoms with E-state index in [4.69, 9.17) is 0 Å². The normalized spacial score (nSPS) is 11.1. The summed E-state index contributed by atoms with van der Waals surface area (Å²) in [6.07, 6.45) is 1.46. The van der Waals surface area contributed by atoms with E-state index in [0.717, 1.165) is 22.0 Å². The van der Waals surface area contributed by atoms with Crippen molar-refractivity contribution in [3.63, 3.8) is 0 Å². The first-order chi connectivity index (χ1) is 12.6. The Bertz CT molecular complexity index is 1160. The summed E-state index contributed by atoms with van der Waals surface area (Å²) >= 11 is 0. The number of nitrogens with zero attached hydrogens (tertiary/aromatic N) is 4. The molecular weight excluding hydrogens is 330 g/mol. The number of hydrogen-bond donors (Lipinski definition) is 1. The largest absolute Gasteiger partial charge is 0.352 e. The molecule has 1 N–H and O–H groups in total. The molecule has 7 heteroatoms. The number of aromatic nitrogens is 4. The number of nitrogens with one attached hydrogen (secondary N) is 1. The highest BCUT2D eigenvalue weighted by molar-refractivity contribution is 5.92. The number of para-hydroxylation sites is 1. The first kappa shape index (κ1) is 16.0. The zero-order valence-corrected chi connectivity index (χ0v) is 14.2. The zero-order chi connectivity index (χ0) is 18.1. The minimum absolute atomic E-state index is 0.138.